The van der Waals surface area contributed by atoms with Gasteiger partial charge in [-0.05, 0) is 23.6 Å². The zero-order valence-corrected chi connectivity index (χ0v) is 14.3. The van der Waals surface area contributed by atoms with Crippen molar-refractivity contribution in [2.24, 2.45) is 0 Å². The second-order valence-electron chi connectivity index (χ2n) is 6.55. The van der Waals surface area contributed by atoms with Crippen molar-refractivity contribution in [1.82, 2.24) is 9.80 Å². The van der Waals surface area contributed by atoms with Crippen LogP contribution in [-0.4, -0.2) is 78.6 Å². The van der Waals surface area contributed by atoms with Crippen LogP contribution in [0.3, 0.4) is 0 Å². The average molecular weight is 322 g/mol. The molecule has 0 bridgehead atoms. The van der Waals surface area contributed by atoms with Crippen molar-refractivity contribution < 1.29 is 14.9 Å². The van der Waals surface area contributed by atoms with E-state index < -0.39 is 6.10 Å². The Kier molecular flexibility index (Phi) is 7.30. The summed E-state index contributed by atoms with van der Waals surface area (Å²) in [5.74, 6) is 1.32. The van der Waals surface area contributed by atoms with Gasteiger partial charge in [0.15, 0.2) is 0 Å². The van der Waals surface area contributed by atoms with Crippen LogP contribution in [0.2, 0.25) is 0 Å². The summed E-state index contributed by atoms with van der Waals surface area (Å²) in [5, 5.41) is 19.1. The van der Waals surface area contributed by atoms with E-state index in [4.69, 9.17) is 9.84 Å². The lowest BCUT2D eigenvalue weighted by Crippen LogP contribution is -2.49. The molecule has 1 fully saturated rings. The Morgan fingerprint density at radius 2 is 1.65 bits per heavy atom. The maximum absolute atomic E-state index is 10.2. The normalized spacial score (nSPS) is 18.3. The number of ether oxygens (including phenoxy) is 1. The highest BCUT2D eigenvalue weighted by Crippen LogP contribution is 2.18. The standard InChI is InChI=1S/C18H30N2O3/c1-15(2)16-3-5-18(6-4-16)23-14-17(22)13-20-9-7-19(8-10-20)11-12-21/h3-6,15,17,21-22H,7-14H2,1-2H3/t17-/m1/s1. The van der Waals surface area contributed by atoms with Gasteiger partial charge in [0.05, 0.1) is 6.61 Å². The second kappa shape index (κ2) is 9.23. The molecule has 1 aromatic carbocycles. The minimum absolute atomic E-state index is 0.214. The Morgan fingerprint density at radius 3 is 2.22 bits per heavy atom. The largest absolute Gasteiger partial charge is 0.491 e. The topological polar surface area (TPSA) is 56.2 Å². The van der Waals surface area contributed by atoms with Crippen molar-refractivity contribution in [3.05, 3.63) is 29.8 Å². The van der Waals surface area contributed by atoms with Gasteiger partial charge >= 0.3 is 0 Å². The Morgan fingerprint density at radius 1 is 1.04 bits per heavy atom. The smallest absolute Gasteiger partial charge is 0.119 e. The van der Waals surface area contributed by atoms with Crippen molar-refractivity contribution in [2.75, 3.05) is 52.5 Å². The summed E-state index contributed by atoms with van der Waals surface area (Å²) in [6.45, 7) is 10.0. The Bertz CT molecular complexity index is 442. The molecule has 1 aromatic rings. The Labute approximate surface area is 139 Å². The number of nitrogens with zero attached hydrogens (tertiary/aromatic N) is 2. The summed E-state index contributed by atoms with van der Waals surface area (Å²) in [5.41, 5.74) is 1.29. The van der Waals surface area contributed by atoms with E-state index in [0.717, 1.165) is 38.5 Å². The molecule has 23 heavy (non-hydrogen) atoms. The number of piperazine rings is 1. The van der Waals surface area contributed by atoms with E-state index in [2.05, 4.69) is 35.8 Å². The van der Waals surface area contributed by atoms with Gasteiger partial charge in [-0.2, -0.15) is 0 Å². The molecule has 1 atom stereocenters. The van der Waals surface area contributed by atoms with Gasteiger partial charge in [-0.15, -0.1) is 0 Å². The van der Waals surface area contributed by atoms with Gasteiger partial charge in [0.2, 0.25) is 0 Å². The fourth-order valence-electron chi connectivity index (χ4n) is 2.83. The molecule has 130 valence electrons. The lowest BCUT2D eigenvalue weighted by atomic mass is 10.0. The van der Waals surface area contributed by atoms with E-state index in [1.54, 1.807) is 0 Å². The van der Waals surface area contributed by atoms with Gasteiger partial charge in [-0.3, -0.25) is 9.80 Å². The Balaban J connectivity index is 1.68. The molecule has 1 saturated heterocycles. The zero-order chi connectivity index (χ0) is 16.7. The van der Waals surface area contributed by atoms with Crippen LogP contribution in [0.4, 0.5) is 0 Å². The molecule has 5 nitrogen and oxygen atoms in total. The predicted molar refractivity (Wildman–Crippen MR) is 92.0 cm³/mol. The SMILES string of the molecule is CC(C)c1ccc(OC[C@H](O)CN2CCN(CCO)CC2)cc1. The Hall–Kier alpha value is -1.14. The number of hydrogen-bond donors (Lipinski definition) is 2. The molecular weight excluding hydrogens is 292 g/mol. The predicted octanol–water partition coefficient (Wildman–Crippen LogP) is 1.16. The molecule has 2 N–H and O–H groups in total. The number of benzene rings is 1. The van der Waals surface area contributed by atoms with E-state index in [1.165, 1.54) is 5.56 Å². The van der Waals surface area contributed by atoms with E-state index in [1.807, 2.05) is 12.1 Å². The third-order valence-corrected chi connectivity index (χ3v) is 4.34. The first-order valence-corrected chi connectivity index (χ1v) is 8.55. The van der Waals surface area contributed by atoms with Gasteiger partial charge in [0.1, 0.15) is 18.5 Å². The minimum atomic E-state index is -0.482. The zero-order valence-electron chi connectivity index (χ0n) is 14.3. The first-order chi connectivity index (χ1) is 11.1. The number of aliphatic hydroxyl groups is 2. The van der Waals surface area contributed by atoms with Crippen LogP contribution in [0.1, 0.15) is 25.3 Å². The van der Waals surface area contributed by atoms with Crippen LogP contribution in [0.15, 0.2) is 24.3 Å². The summed E-state index contributed by atoms with van der Waals surface area (Å²) >= 11 is 0. The van der Waals surface area contributed by atoms with Gasteiger partial charge < -0.3 is 14.9 Å². The number of β-amino-alcohol motifs (C(OH)–C–C–N with tert-alkyl or cyclic N) is 2. The molecule has 0 aliphatic carbocycles. The van der Waals surface area contributed by atoms with Crippen molar-refractivity contribution in [1.29, 1.82) is 0 Å². The molecule has 0 aromatic heterocycles. The lowest BCUT2D eigenvalue weighted by Gasteiger charge is -2.35. The molecule has 0 unspecified atom stereocenters. The van der Waals surface area contributed by atoms with Crippen LogP contribution in [-0.2, 0) is 0 Å². The fraction of sp³-hybridized carbons (Fsp3) is 0.667. The monoisotopic (exact) mass is 322 g/mol. The molecule has 0 spiro atoms. The summed E-state index contributed by atoms with van der Waals surface area (Å²) in [4.78, 5) is 4.50. The second-order valence-corrected chi connectivity index (χ2v) is 6.55. The van der Waals surface area contributed by atoms with Crippen molar-refractivity contribution in [3.63, 3.8) is 0 Å². The van der Waals surface area contributed by atoms with Gasteiger partial charge in [0.25, 0.3) is 0 Å². The summed E-state index contributed by atoms with van der Waals surface area (Å²) < 4.78 is 5.68. The molecule has 1 aliphatic rings. The molecular formula is C18H30N2O3. The first-order valence-electron chi connectivity index (χ1n) is 8.55. The van der Waals surface area contributed by atoms with Gasteiger partial charge in [0, 0.05) is 39.3 Å². The average Bonchev–Trinajstić information content (AvgIpc) is 2.55. The third-order valence-electron chi connectivity index (χ3n) is 4.34. The van der Waals surface area contributed by atoms with Crippen LogP contribution in [0.5, 0.6) is 5.75 Å². The highest BCUT2D eigenvalue weighted by molar-refractivity contribution is 5.28. The summed E-state index contributed by atoms with van der Waals surface area (Å²) in [7, 11) is 0. The van der Waals surface area contributed by atoms with Crippen molar-refractivity contribution >= 4 is 0 Å². The number of hydrogen-bond acceptors (Lipinski definition) is 5. The number of rotatable bonds is 8. The van der Waals surface area contributed by atoms with E-state index in [-0.39, 0.29) is 6.61 Å². The maximum atomic E-state index is 10.2. The molecule has 0 radical (unpaired) electrons. The van der Waals surface area contributed by atoms with Crippen LogP contribution in [0.25, 0.3) is 0 Å². The first kappa shape index (κ1) is 18.2. The van der Waals surface area contributed by atoms with E-state index in [0.29, 0.717) is 19.1 Å². The molecule has 2 rings (SSSR count). The molecule has 1 aliphatic heterocycles. The molecule has 1 heterocycles. The molecule has 0 amide bonds. The molecule has 0 saturated carbocycles. The fourth-order valence-corrected chi connectivity index (χ4v) is 2.83. The van der Waals surface area contributed by atoms with Crippen molar-refractivity contribution in [3.8, 4) is 5.75 Å². The molecule has 5 heteroatoms. The van der Waals surface area contributed by atoms with Crippen LogP contribution < -0.4 is 4.74 Å². The van der Waals surface area contributed by atoms with Gasteiger partial charge in [-0.25, -0.2) is 0 Å². The van der Waals surface area contributed by atoms with E-state index >= 15 is 0 Å². The highest BCUT2D eigenvalue weighted by Gasteiger charge is 2.19. The summed E-state index contributed by atoms with van der Waals surface area (Å²) in [6, 6.07) is 8.09. The van der Waals surface area contributed by atoms with Crippen LogP contribution >= 0.6 is 0 Å². The van der Waals surface area contributed by atoms with E-state index in [9.17, 15) is 5.11 Å². The van der Waals surface area contributed by atoms with Crippen LogP contribution in [0, 0.1) is 0 Å². The minimum Gasteiger partial charge on any atom is -0.491 e. The number of aliphatic hydroxyl groups excluding tert-OH is 2. The summed E-state index contributed by atoms with van der Waals surface area (Å²) in [6.07, 6.45) is -0.482. The third kappa shape index (κ3) is 6.11. The quantitative estimate of drug-likeness (QED) is 0.752. The van der Waals surface area contributed by atoms with Gasteiger partial charge in [-0.1, -0.05) is 26.0 Å². The highest BCUT2D eigenvalue weighted by atomic mass is 16.5. The lowest BCUT2D eigenvalue weighted by molar-refractivity contribution is 0.0428. The maximum Gasteiger partial charge on any atom is 0.119 e. The van der Waals surface area contributed by atoms with Crippen molar-refractivity contribution in [2.45, 2.75) is 25.9 Å².